The first kappa shape index (κ1) is 19.4. The summed E-state index contributed by atoms with van der Waals surface area (Å²) in [5, 5.41) is 6.59. The molecule has 0 atom stereocenters. The van der Waals surface area contributed by atoms with E-state index in [0.29, 0.717) is 24.9 Å². The highest BCUT2D eigenvalue weighted by Gasteiger charge is 2.07. The van der Waals surface area contributed by atoms with Gasteiger partial charge in [0.25, 0.3) is 0 Å². The molecule has 0 radical (unpaired) electrons. The van der Waals surface area contributed by atoms with Crippen LogP contribution in [0, 0.1) is 0 Å². The van der Waals surface area contributed by atoms with Crippen LogP contribution >= 0.6 is 0 Å². The van der Waals surface area contributed by atoms with Gasteiger partial charge in [0.15, 0.2) is 5.96 Å². The fourth-order valence-corrected chi connectivity index (χ4v) is 3.04. The summed E-state index contributed by atoms with van der Waals surface area (Å²) in [5.74, 6) is 1.33. The lowest BCUT2D eigenvalue weighted by atomic mass is 10.1. The van der Waals surface area contributed by atoms with E-state index in [1.807, 2.05) is 47.4 Å². The van der Waals surface area contributed by atoms with E-state index in [2.05, 4.69) is 49.9 Å². The van der Waals surface area contributed by atoms with Gasteiger partial charge in [0.05, 0.1) is 18.6 Å². The van der Waals surface area contributed by atoms with Crippen LogP contribution in [0.15, 0.2) is 89.0 Å². The highest BCUT2D eigenvalue weighted by atomic mass is 16.3. The molecule has 2 aromatic heterocycles. The first-order chi connectivity index (χ1) is 14.8. The summed E-state index contributed by atoms with van der Waals surface area (Å²) in [4.78, 5) is 12.9. The summed E-state index contributed by atoms with van der Waals surface area (Å²) >= 11 is 0. The Morgan fingerprint density at radius 1 is 1.00 bits per heavy atom. The highest BCUT2D eigenvalue weighted by Crippen LogP contribution is 2.17. The van der Waals surface area contributed by atoms with E-state index in [1.165, 1.54) is 11.1 Å². The standard InChI is InChI=1S/C23H24N6O/c1-24-23(27-14-21-16-30-22(28-21)20-5-3-2-4-6-20)26-13-18-7-9-19(10-8-18)15-29-12-11-25-17-29/h2-12,16-17H,13-15H2,1H3,(H2,24,26,27). The molecular formula is C23H24N6O. The van der Waals surface area contributed by atoms with E-state index < -0.39 is 0 Å². The average Bonchev–Trinajstić information content (AvgIpc) is 3.48. The minimum atomic E-state index is 0.528. The van der Waals surface area contributed by atoms with Crippen LogP contribution in [0.3, 0.4) is 0 Å². The summed E-state index contributed by atoms with van der Waals surface area (Å²) in [5.41, 5.74) is 4.20. The molecule has 4 rings (SSSR count). The smallest absolute Gasteiger partial charge is 0.226 e. The predicted octanol–water partition coefficient (Wildman–Crippen LogP) is 3.45. The van der Waals surface area contributed by atoms with Crippen molar-refractivity contribution in [2.24, 2.45) is 4.99 Å². The van der Waals surface area contributed by atoms with Crippen LogP contribution in [-0.4, -0.2) is 27.5 Å². The van der Waals surface area contributed by atoms with Crippen molar-refractivity contribution in [1.29, 1.82) is 0 Å². The van der Waals surface area contributed by atoms with Gasteiger partial charge in [-0.3, -0.25) is 4.99 Å². The number of nitrogens with one attached hydrogen (secondary N) is 2. The minimum absolute atomic E-state index is 0.528. The third-order valence-corrected chi connectivity index (χ3v) is 4.64. The lowest BCUT2D eigenvalue weighted by Crippen LogP contribution is -2.36. The van der Waals surface area contributed by atoms with E-state index in [1.54, 1.807) is 19.5 Å². The number of aromatic nitrogens is 3. The Hall–Kier alpha value is -3.87. The molecule has 2 N–H and O–H groups in total. The second kappa shape index (κ2) is 9.56. The van der Waals surface area contributed by atoms with E-state index in [0.717, 1.165) is 17.8 Å². The molecule has 0 unspecified atom stereocenters. The van der Waals surface area contributed by atoms with Gasteiger partial charge in [-0.05, 0) is 23.3 Å². The maximum Gasteiger partial charge on any atom is 0.226 e. The molecule has 0 spiro atoms. The van der Waals surface area contributed by atoms with E-state index in [-0.39, 0.29) is 0 Å². The Morgan fingerprint density at radius 2 is 1.77 bits per heavy atom. The van der Waals surface area contributed by atoms with Crippen molar-refractivity contribution in [2.45, 2.75) is 19.6 Å². The van der Waals surface area contributed by atoms with Gasteiger partial charge >= 0.3 is 0 Å². The first-order valence-corrected chi connectivity index (χ1v) is 9.78. The SMILES string of the molecule is CN=C(NCc1ccc(Cn2ccnc2)cc1)NCc1coc(-c2ccccc2)n1. The summed E-state index contributed by atoms with van der Waals surface area (Å²) in [6.07, 6.45) is 7.24. The lowest BCUT2D eigenvalue weighted by Gasteiger charge is -2.11. The van der Waals surface area contributed by atoms with E-state index in [4.69, 9.17) is 4.42 Å². The first-order valence-electron chi connectivity index (χ1n) is 9.78. The fourth-order valence-electron chi connectivity index (χ4n) is 3.04. The monoisotopic (exact) mass is 400 g/mol. The Morgan fingerprint density at radius 3 is 2.50 bits per heavy atom. The molecule has 0 saturated heterocycles. The molecule has 152 valence electrons. The van der Waals surface area contributed by atoms with Crippen molar-refractivity contribution < 1.29 is 4.42 Å². The molecule has 7 nitrogen and oxygen atoms in total. The second-order valence-electron chi connectivity index (χ2n) is 6.84. The number of nitrogens with zero attached hydrogens (tertiary/aromatic N) is 4. The van der Waals surface area contributed by atoms with Gasteiger partial charge < -0.3 is 19.6 Å². The molecule has 0 aliphatic carbocycles. The van der Waals surface area contributed by atoms with Crippen LogP contribution in [0.2, 0.25) is 0 Å². The third kappa shape index (κ3) is 5.14. The summed E-state index contributed by atoms with van der Waals surface area (Å²) in [6, 6.07) is 18.4. The zero-order valence-electron chi connectivity index (χ0n) is 16.8. The molecule has 2 aromatic carbocycles. The van der Waals surface area contributed by atoms with E-state index in [9.17, 15) is 0 Å². The predicted molar refractivity (Wildman–Crippen MR) is 117 cm³/mol. The van der Waals surface area contributed by atoms with Crippen molar-refractivity contribution in [3.63, 3.8) is 0 Å². The molecule has 2 heterocycles. The molecule has 0 bridgehead atoms. The molecule has 0 aliphatic rings. The number of hydrogen-bond donors (Lipinski definition) is 2. The summed E-state index contributed by atoms with van der Waals surface area (Å²) < 4.78 is 7.63. The quantitative estimate of drug-likeness (QED) is 0.367. The van der Waals surface area contributed by atoms with Crippen LogP contribution in [-0.2, 0) is 19.6 Å². The molecule has 0 amide bonds. The Bertz CT molecular complexity index is 1070. The Balaban J connectivity index is 1.26. The van der Waals surface area contributed by atoms with Crippen LogP contribution < -0.4 is 10.6 Å². The van der Waals surface area contributed by atoms with Gasteiger partial charge in [0, 0.05) is 38.1 Å². The van der Waals surface area contributed by atoms with E-state index >= 15 is 0 Å². The normalized spacial score (nSPS) is 11.4. The minimum Gasteiger partial charge on any atom is -0.444 e. The number of oxazole rings is 1. The molecule has 30 heavy (non-hydrogen) atoms. The van der Waals surface area contributed by atoms with Crippen molar-refractivity contribution in [2.75, 3.05) is 7.05 Å². The molecule has 0 saturated carbocycles. The largest absolute Gasteiger partial charge is 0.444 e. The topological polar surface area (TPSA) is 80.3 Å². The van der Waals surface area contributed by atoms with Gasteiger partial charge in [-0.2, -0.15) is 0 Å². The number of imidazole rings is 1. The number of rotatable bonds is 7. The molecule has 7 heteroatoms. The maximum atomic E-state index is 5.58. The van der Waals surface area contributed by atoms with Crippen molar-refractivity contribution in [3.05, 3.63) is 96.4 Å². The second-order valence-corrected chi connectivity index (χ2v) is 6.84. The highest BCUT2D eigenvalue weighted by molar-refractivity contribution is 5.79. The maximum absolute atomic E-state index is 5.58. The van der Waals surface area contributed by atoms with Gasteiger partial charge in [0.1, 0.15) is 6.26 Å². The summed E-state index contributed by atoms with van der Waals surface area (Å²) in [6.45, 7) is 2.03. The lowest BCUT2D eigenvalue weighted by molar-refractivity contribution is 0.572. The zero-order valence-corrected chi connectivity index (χ0v) is 16.8. The number of benzene rings is 2. The molecular weight excluding hydrogens is 376 g/mol. The van der Waals surface area contributed by atoms with Crippen LogP contribution in [0.25, 0.3) is 11.5 Å². The molecule has 0 aliphatic heterocycles. The van der Waals surface area contributed by atoms with Crippen LogP contribution in [0.1, 0.15) is 16.8 Å². The Kier molecular flexibility index (Phi) is 6.19. The van der Waals surface area contributed by atoms with Gasteiger partial charge in [-0.1, -0.05) is 42.5 Å². The van der Waals surface area contributed by atoms with Gasteiger partial charge in [-0.25, -0.2) is 9.97 Å². The van der Waals surface area contributed by atoms with Gasteiger partial charge in [-0.15, -0.1) is 0 Å². The van der Waals surface area contributed by atoms with Crippen LogP contribution in [0.5, 0.6) is 0 Å². The Labute approximate surface area is 175 Å². The third-order valence-electron chi connectivity index (χ3n) is 4.64. The number of hydrogen-bond acceptors (Lipinski definition) is 4. The zero-order chi connectivity index (χ0) is 20.6. The number of guanidine groups is 1. The summed E-state index contributed by atoms with van der Waals surface area (Å²) in [7, 11) is 1.75. The van der Waals surface area contributed by atoms with Crippen molar-refractivity contribution in [3.8, 4) is 11.5 Å². The van der Waals surface area contributed by atoms with Crippen molar-refractivity contribution in [1.82, 2.24) is 25.2 Å². The molecule has 0 fully saturated rings. The number of aliphatic imine (C=N–C) groups is 1. The van der Waals surface area contributed by atoms with Gasteiger partial charge in [0.2, 0.25) is 5.89 Å². The van der Waals surface area contributed by atoms with Crippen LogP contribution in [0.4, 0.5) is 0 Å². The average molecular weight is 400 g/mol. The fraction of sp³-hybridized carbons (Fsp3) is 0.174. The molecule has 4 aromatic rings. The van der Waals surface area contributed by atoms with Crippen molar-refractivity contribution >= 4 is 5.96 Å².